The van der Waals surface area contributed by atoms with Crippen molar-refractivity contribution in [3.8, 4) is 0 Å². The Morgan fingerprint density at radius 1 is 1.07 bits per heavy atom. The number of hydrogen-bond donors (Lipinski definition) is 2. The zero-order chi connectivity index (χ0) is 11.7. The van der Waals surface area contributed by atoms with E-state index >= 15 is 0 Å². The van der Waals surface area contributed by atoms with Gasteiger partial charge >= 0.3 is 5.97 Å². The largest absolute Gasteiger partial charge is 0.477 e. The topological polar surface area (TPSA) is 63.3 Å². The number of benzene rings is 1. The molecule has 0 fully saturated rings. The highest BCUT2D eigenvalue weighted by Crippen LogP contribution is 2.23. The van der Waals surface area contributed by atoms with Crippen LogP contribution in [0.2, 0.25) is 0 Å². The van der Waals surface area contributed by atoms with Gasteiger partial charge in [-0.1, -0.05) is 0 Å². The van der Waals surface area contributed by atoms with Crippen molar-refractivity contribution in [2.75, 3.05) is 0 Å². The van der Waals surface area contributed by atoms with Gasteiger partial charge in [0.05, 0.1) is 0 Å². The number of nitrogens with two attached hydrogens (primary N) is 1. The molecule has 1 rings (SSSR count). The fourth-order valence-electron chi connectivity index (χ4n) is 1.05. The van der Waals surface area contributed by atoms with E-state index in [1.807, 2.05) is 0 Å². The molecule has 82 valence electrons. The molecule has 7 heteroatoms. The van der Waals surface area contributed by atoms with Crippen LogP contribution in [-0.4, -0.2) is 11.1 Å². The van der Waals surface area contributed by atoms with E-state index in [-0.39, 0.29) is 0 Å². The summed E-state index contributed by atoms with van der Waals surface area (Å²) in [4.78, 5) is 10.4. The molecule has 0 saturated heterocycles. The normalized spacial score (nSPS) is 10.5. The lowest BCUT2D eigenvalue weighted by molar-refractivity contribution is 0.0684. The first kappa shape index (κ1) is 11.4. The summed E-state index contributed by atoms with van der Waals surface area (Å²) in [6.07, 6.45) is 0. The minimum Gasteiger partial charge on any atom is -0.477 e. The van der Waals surface area contributed by atoms with Crippen molar-refractivity contribution < 1.29 is 27.5 Å². The van der Waals surface area contributed by atoms with Gasteiger partial charge in [0.25, 0.3) is 0 Å². The number of halogens is 4. The van der Waals surface area contributed by atoms with Crippen molar-refractivity contribution >= 4 is 5.97 Å². The van der Waals surface area contributed by atoms with Gasteiger partial charge in [0.1, 0.15) is 11.4 Å². The summed E-state index contributed by atoms with van der Waals surface area (Å²) in [7, 11) is 0. The number of carboxylic acid groups (broad SMARTS) is 1. The van der Waals surface area contributed by atoms with Gasteiger partial charge in [-0.3, -0.25) is 0 Å². The molecule has 15 heavy (non-hydrogen) atoms. The fourth-order valence-corrected chi connectivity index (χ4v) is 1.05. The Bertz CT molecular complexity index is 433. The molecule has 0 aliphatic heterocycles. The van der Waals surface area contributed by atoms with Crippen molar-refractivity contribution in [3.05, 3.63) is 34.4 Å². The molecular formula is C8H5F4NO2. The van der Waals surface area contributed by atoms with E-state index in [2.05, 4.69) is 0 Å². The van der Waals surface area contributed by atoms with Gasteiger partial charge in [-0.15, -0.1) is 0 Å². The van der Waals surface area contributed by atoms with Crippen molar-refractivity contribution in [2.45, 2.75) is 6.54 Å². The third-order valence-electron chi connectivity index (χ3n) is 1.77. The molecule has 0 aliphatic rings. The average Bonchev–Trinajstić information content (AvgIpc) is 2.15. The standard InChI is InChI=1S/C8H5F4NO2/c9-4-2(1-13)5(10)7(12)6(11)3(4)8(14)15/h1,13H2,(H,14,15). The van der Waals surface area contributed by atoms with E-state index in [1.54, 1.807) is 0 Å². The molecule has 0 bridgehead atoms. The summed E-state index contributed by atoms with van der Waals surface area (Å²) in [6.45, 7) is -0.769. The van der Waals surface area contributed by atoms with E-state index in [1.165, 1.54) is 0 Å². The number of aromatic carboxylic acids is 1. The van der Waals surface area contributed by atoms with Crippen LogP contribution in [0.15, 0.2) is 0 Å². The predicted octanol–water partition coefficient (Wildman–Crippen LogP) is 1.40. The highest BCUT2D eigenvalue weighted by Gasteiger charge is 2.28. The first-order valence-electron chi connectivity index (χ1n) is 3.70. The quantitative estimate of drug-likeness (QED) is 0.452. The molecule has 3 nitrogen and oxygen atoms in total. The van der Waals surface area contributed by atoms with Crippen molar-refractivity contribution in [1.82, 2.24) is 0 Å². The van der Waals surface area contributed by atoms with E-state index in [0.717, 1.165) is 0 Å². The summed E-state index contributed by atoms with van der Waals surface area (Å²) in [5.41, 5.74) is 2.34. The summed E-state index contributed by atoms with van der Waals surface area (Å²) in [5, 5.41) is 8.37. The van der Waals surface area contributed by atoms with Gasteiger partial charge in [0.2, 0.25) is 0 Å². The highest BCUT2D eigenvalue weighted by atomic mass is 19.2. The average molecular weight is 223 g/mol. The number of carbonyl (C=O) groups is 1. The lowest BCUT2D eigenvalue weighted by atomic mass is 10.1. The Labute approximate surface area is 81.1 Å². The van der Waals surface area contributed by atoms with E-state index in [0.29, 0.717) is 0 Å². The SMILES string of the molecule is NCc1c(F)c(F)c(F)c(C(=O)O)c1F. The molecule has 0 atom stereocenters. The second-order valence-electron chi connectivity index (χ2n) is 2.62. The van der Waals surface area contributed by atoms with Crippen LogP contribution in [0.25, 0.3) is 0 Å². The van der Waals surface area contributed by atoms with Crippen molar-refractivity contribution in [1.29, 1.82) is 0 Å². The van der Waals surface area contributed by atoms with Crippen molar-refractivity contribution in [2.24, 2.45) is 5.73 Å². The molecule has 1 aromatic rings. The molecule has 0 spiro atoms. The van der Waals surface area contributed by atoms with Crippen LogP contribution in [0.4, 0.5) is 17.6 Å². The van der Waals surface area contributed by atoms with Crippen LogP contribution >= 0.6 is 0 Å². The van der Waals surface area contributed by atoms with E-state index < -0.39 is 46.9 Å². The van der Waals surface area contributed by atoms with Crippen LogP contribution in [0.3, 0.4) is 0 Å². The van der Waals surface area contributed by atoms with Crippen LogP contribution in [0.1, 0.15) is 15.9 Å². The minimum absolute atomic E-state index is 0.769. The van der Waals surface area contributed by atoms with E-state index in [9.17, 15) is 22.4 Å². The van der Waals surface area contributed by atoms with Gasteiger partial charge in [0.15, 0.2) is 17.5 Å². The summed E-state index contributed by atoms with van der Waals surface area (Å²) >= 11 is 0. The molecular weight excluding hydrogens is 218 g/mol. The molecule has 0 saturated carbocycles. The second-order valence-corrected chi connectivity index (χ2v) is 2.62. The Hall–Kier alpha value is -1.63. The third kappa shape index (κ3) is 1.65. The van der Waals surface area contributed by atoms with Crippen LogP contribution in [0.5, 0.6) is 0 Å². The molecule has 0 radical (unpaired) electrons. The molecule has 0 unspecified atom stereocenters. The number of hydrogen-bond acceptors (Lipinski definition) is 2. The van der Waals surface area contributed by atoms with Crippen LogP contribution in [-0.2, 0) is 6.54 Å². The zero-order valence-electron chi connectivity index (χ0n) is 7.15. The molecule has 3 N–H and O–H groups in total. The summed E-state index contributed by atoms with van der Waals surface area (Å²) < 4.78 is 51.5. The Kier molecular flexibility index (Phi) is 2.94. The van der Waals surface area contributed by atoms with Gasteiger partial charge in [-0.25, -0.2) is 22.4 Å². The molecule has 0 heterocycles. The Morgan fingerprint density at radius 3 is 2.00 bits per heavy atom. The summed E-state index contributed by atoms with van der Waals surface area (Å²) in [6, 6.07) is 0. The van der Waals surface area contributed by atoms with Gasteiger partial charge in [-0.2, -0.15) is 0 Å². The zero-order valence-corrected chi connectivity index (χ0v) is 7.15. The van der Waals surface area contributed by atoms with Gasteiger partial charge in [-0.05, 0) is 0 Å². The molecule has 0 amide bonds. The van der Waals surface area contributed by atoms with Crippen molar-refractivity contribution in [3.63, 3.8) is 0 Å². The van der Waals surface area contributed by atoms with Gasteiger partial charge < -0.3 is 10.8 Å². The first-order chi connectivity index (χ1) is 6.91. The third-order valence-corrected chi connectivity index (χ3v) is 1.77. The molecule has 1 aromatic carbocycles. The maximum absolute atomic E-state index is 13.1. The maximum atomic E-state index is 13.1. The minimum atomic E-state index is -2.07. The Balaban J connectivity index is 3.68. The maximum Gasteiger partial charge on any atom is 0.341 e. The van der Waals surface area contributed by atoms with Crippen LogP contribution < -0.4 is 5.73 Å². The lowest BCUT2D eigenvalue weighted by Gasteiger charge is -2.07. The summed E-state index contributed by atoms with van der Waals surface area (Å²) in [5.74, 6) is -9.65. The molecule has 0 aliphatic carbocycles. The Morgan fingerprint density at radius 2 is 1.60 bits per heavy atom. The second kappa shape index (κ2) is 3.85. The van der Waals surface area contributed by atoms with Crippen LogP contribution in [0, 0.1) is 23.3 Å². The smallest absolute Gasteiger partial charge is 0.341 e. The fraction of sp³-hybridized carbons (Fsp3) is 0.125. The number of rotatable bonds is 2. The number of carboxylic acids is 1. The monoisotopic (exact) mass is 223 g/mol. The predicted molar refractivity (Wildman–Crippen MR) is 41.1 cm³/mol. The highest BCUT2D eigenvalue weighted by molar-refractivity contribution is 5.88. The first-order valence-corrected chi connectivity index (χ1v) is 3.70. The molecule has 0 aromatic heterocycles. The van der Waals surface area contributed by atoms with Gasteiger partial charge in [0, 0.05) is 12.1 Å². The lowest BCUT2D eigenvalue weighted by Crippen LogP contribution is -2.15. The van der Waals surface area contributed by atoms with E-state index in [4.69, 9.17) is 10.8 Å².